The molecule has 2 rings (SSSR count). The molecule has 0 bridgehead atoms. The largest absolute Gasteiger partial charge is 0.433 e. The summed E-state index contributed by atoms with van der Waals surface area (Å²) in [6.45, 7) is 0. The summed E-state index contributed by atoms with van der Waals surface area (Å²) in [7, 11) is 1.77. The first-order chi connectivity index (χ1) is 8.52. The van der Waals surface area contributed by atoms with Crippen molar-refractivity contribution in [2.24, 2.45) is 0 Å². The van der Waals surface area contributed by atoms with E-state index < -0.39 is 4.92 Å². The fourth-order valence-electron chi connectivity index (χ4n) is 1.60. The monoisotopic (exact) mass is 394 g/mol. The highest BCUT2D eigenvalue weighted by Crippen LogP contribution is 2.38. The molecule has 8 heteroatoms. The molecule has 0 saturated heterocycles. The van der Waals surface area contributed by atoms with Crippen LogP contribution in [0.25, 0.3) is 0 Å². The molecule has 0 radical (unpaired) electrons. The zero-order valence-corrected chi connectivity index (χ0v) is 13.1. The summed E-state index contributed by atoms with van der Waals surface area (Å²) in [5.74, 6) is 0.255. The molecule has 0 aliphatic heterocycles. The molecule has 1 unspecified atom stereocenters. The van der Waals surface area contributed by atoms with Crippen molar-refractivity contribution in [3.8, 4) is 0 Å². The van der Waals surface area contributed by atoms with Crippen LogP contribution in [-0.4, -0.2) is 12.0 Å². The van der Waals surface area contributed by atoms with E-state index in [-0.39, 0.29) is 11.9 Å². The van der Waals surface area contributed by atoms with Crippen LogP contribution in [0.5, 0.6) is 0 Å². The Bertz CT molecular complexity index is 581. The summed E-state index contributed by atoms with van der Waals surface area (Å²) in [6.07, 6.45) is 0. The van der Waals surface area contributed by atoms with Crippen molar-refractivity contribution in [3.05, 3.63) is 47.2 Å². The number of nitrogens with one attached hydrogen (secondary N) is 1. The van der Waals surface area contributed by atoms with Crippen molar-refractivity contribution in [3.63, 3.8) is 0 Å². The Morgan fingerprint density at radius 3 is 2.67 bits per heavy atom. The Labute approximate surface area is 124 Å². The quantitative estimate of drug-likeness (QED) is 0.625. The van der Waals surface area contributed by atoms with Gasteiger partial charge >= 0.3 is 5.88 Å². The molecule has 5 nitrogen and oxygen atoms in total. The van der Waals surface area contributed by atoms with E-state index in [0.717, 1.165) is 13.1 Å². The van der Waals surface area contributed by atoms with Gasteiger partial charge < -0.3 is 9.73 Å². The highest BCUT2D eigenvalue weighted by Gasteiger charge is 2.23. The topological polar surface area (TPSA) is 68.3 Å². The van der Waals surface area contributed by atoms with Crippen LogP contribution < -0.4 is 5.32 Å². The predicted molar refractivity (Wildman–Crippen MR) is 76.0 cm³/mol. The van der Waals surface area contributed by atoms with Crippen molar-refractivity contribution in [2.45, 2.75) is 6.04 Å². The van der Waals surface area contributed by atoms with Crippen LogP contribution in [0.2, 0.25) is 0 Å². The predicted octanol–water partition coefficient (Wildman–Crippen LogP) is 4.08. The van der Waals surface area contributed by atoms with Gasteiger partial charge in [0.15, 0.2) is 0 Å². The normalized spacial score (nSPS) is 12.6. The molecule has 0 aromatic carbocycles. The molecule has 2 aromatic heterocycles. The zero-order chi connectivity index (χ0) is 13.3. The van der Waals surface area contributed by atoms with E-state index in [1.807, 2.05) is 6.07 Å². The van der Waals surface area contributed by atoms with E-state index in [1.54, 1.807) is 13.1 Å². The number of furan rings is 1. The minimum Gasteiger partial charge on any atom is -0.404 e. The summed E-state index contributed by atoms with van der Waals surface area (Å²) in [4.78, 5) is 10.1. The van der Waals surface area contributed by atoms with Gasteiger partial charge in [0.25, 0.3) is 0 Å². The van der Waals surface area contributed by atoms with Gasteiger partial charge in [-0.3, -0.25) is 10.1 Å². The molecular formula is C10H8Br2N2O3S. The molecule has 1 atom stereocenters. The van der Waals surface area contributed by atoms with Crippen molar-refractivity contribution >= 4 is 49.1 Å². The second kappa shape index (κ2) is 5.52. The Morgan fingerprint density at radius 2 is 2.22 bits per heavy atom. The van der Waals surface area contributed by atoms with E-state index in [0.29, 0.717) is 5.76 Å². The first-order valence-corrected chi connectivity index (χ1v) is 7.29. The van der Waals surface area contributed by atoms with Crippen LogP contribution in [-0.2, 0) is 0 Å². The number of nitro groups is 1. The van der Waals surface area contributed by atoms with Gasteiger partial charge in [-0.2, -0.15) is 0 Å². The van der Waals surface area contributed by atoms with Crippen LogP contribution in [0.4, 0.5) is 5.88 Å². The summed E-state index contributed by atoms with van der Waals surface area (Å²) < 4.78 is 7.15. The Hall–Kier alpha value is -0.700. The molecule has 0 aliphatic rings. The molecular weight excluding hydrogens is 388 g/mol. The SMILES string of the molecule is CNC(c1ccc([N+](=O)[O-])o1)c1cc(Br)sc1Br. The average molecular weight is 396 g/mol. The maximum Gasteiger partial charge on any atom is 0.433 e. The third-order valence-corrected chi connectivity index (χ3v) is 4.75. The first-order valence-electron chi connectivity index (χ1n) is 4.89. The second-order valence-corrected chi connectivity index (χ2v) is 7.18. The summed E-state index contributed by atoms with van der Waals surface area (Å²) >= 11 is 8.41. The molecule has 2 heterocycles. The highest BCUT2D eigenvalue weighted by molar-refractivity contribution is 9.12. The van der Waals surface area contributed by atoms with Gasteiger partial charge in [-0.1, -0.05) is 0 Å². The second-order valence-electron chi connectivity index (χ2n) is 3.43. The molecule has 96 valence electrons. The van der Waals surface area contributed by atoms with E-state index in [1.165, 1.54) is 17.4 Å². The van der Waals surface area contributed by atoms with E-state index >= 15 is 0 Å². The number of nitrogens with zero attached hydrogens (tertiary/aromatic N) is 1. The molecule has 0 fully saturated rings. The summed E-state index contributed by atoms with van der Waals surface area (Å²) in [5.41, 5.74) is 0.971. The maximum atomic E-state index is 10.6. The summed E-state index contributed by atoms with van der Waals surface area (Å²) in [6, 6.07) is 4.69. The van der Waals surface area contributed by atoms with E-state index in [2.05, 4.69) is 37.2 Å². The molecule has 0 aliphatic carbocycles. The van der Waals surface area contributed by atoms with Crippen molar-refractivity contribution in [2.75, 3.05) is 7.05 Å². The summed E-state index contributed by atoms with van der Waals surface area (Å²) in [5, 5.41) is 13.7. The fourth-order valence-corrected chi connectivity index (χ4v) is 4.50. The zero-order valence-electron chi connectivity index (χ0n) is 9.15. The maximum absolute atomic E-state index is 10.6. The van der Waals surface area contributed by atoms with Crippen LogP contribution in [0.1, 0.15) is 17.4 Å². The smallest absolute Gasteiger partial charge is 0.404 e. The number of halogens is 2. The standard InChI is InChI=1S/C10H8Br2N2O3S/c1-13-9(5-4-7(11)18-10(5)12)6-2-3-8(17-6)14(15)16/h2-4,9,13H,1H3. The Morgan fingerprint density at radius 1 is 1.50 bits per heavy atom. The van der Waals surface area contributed by atoms with Crippen molar-refractivity contribution < 1.29 is 9.34 Å². The van der Waals surface area contributed by atoms with Crippen LogP contribution in [0, 0.1) is 10.1 Å². The van der Waals surface area contributed by atoms with Crippen LogP contribution in [0.15, 0.2) is 30.2 Å². The third kappa shape index (κ3) is 2.66. The Kier molecular flexibility index (Phi) is 4.21. The number of rotatable bonds is 4. The number of hydrogen-bond acceptors (Lipinski definition) is 5. The molecule has 0 amide bonds. The molecule has 0 saturated carbocycles. The molecule has 18 heavy (non-hydrogen) atoms. The minimum absolute atomic E-state index is 0.226. The number of thiophene rings is 1. The van der Waals surface area contributed by atoms with E-state index in [9.17, 15) is 10.1 Å². The molecule has 0 spiro atoms. The number of hydrogen-bond donors (Lipinski definition) is 1. The average Bonchev–Trinajstić information content (AvgIpc) is 2.88. The lowest BCUT2D eigenvalue weighted by atomic mass is 10.1. The fraction of sp³-hybridized carbons (Fsp3) is 0.200. The van der Waals surface area contributed by atoms with Gasteiger partial charge in [0, 0.05) is 5.56 Å². The van der Waals surface area contributed by atoms with Crippen LogP contribution in [0.3, 0.4) is 0 Å². The lowest BCUT2D eigenvalue weighted by Gasteiger charge is -2.12. The lowest BCUT2D eigenvalue weighted by Crippen LogP contribution is -2.16. The molecule has 2 aromatic rings. The van der Waals surface area contributed by atoms with Crippen molar-refractivity contribution in [1.82, 2.24) is 5.32 Å². The van der Waals surface area contributed by atoms with Crippen LogP contribution >= 0.6 is 43.2 Å². The highest BCUT2D eigenvalue weighted by atomic mass is 79.9. The van der Waals surface area contributed by atoms with Gasteiger partial charge in [-0.25, -0.2) is 0 Å². The van der Waals surface area contributed by atoms with Gasteiger partial charge in [0.2, 0.25) is 0 Å². The molecule has 1 N–H and O–H groups in total. The van der Waals surface area contributed by atoms with Gasteiger partial charge in [-0.15, -0.1) is 11.3 Å². The van der Waals surface area contributed by atoms with Gasteiger partial charge in [0.1, 0.15) is 10.7 Å². The van der Waals surface area contributed by atoms with Gasteiger partial charge in [-0.05, 0) is 51.0 Å². The Balaban J connectivity index is 2.38. The van der Waals surface area contributed by atoms with E-state index in [4.69, 9.17) is 4.42 Å². The minimum atomic E-state index is -0.547. The third-order valence-electron chi connectivity index (χ3n) is 2.36. The first kappa shape index (κ1) is 13.7. The van der Waals surface area contributed by atoms with Crippen molar-refractivity contribution in [1.29, 1.82) is 0 Å². The van der Waals surface area contributed by atoms with Gasteiger partial charge in [0.05, 0.1) is 19.7 Å². The lowest BCUT2D eigenvalue weighted by molar-refractivity contribution is -0.402.